The molecule has 92 valence electrons. The first-order valence-corrected chi connectivity index (χ1v) is 5.22. The van der Waals surface area contributed by atoms with Crippen LogP contribution in [0.15, 0.2) is 24.3 Å². The molecule has 2 N–H and O–H groups in total. The molecule has 0 heterocycles. The first kappa shape index (κ1) is 15.2. The van der Waals surface area contributed by atoms with Gasteiger partial charge < -0.3 is 10.5 Å². The molecule has 16 heavy (non-hydrogen) atoms. The topological polar surface area (TPSA) is 35.2 Å². The van der Waals surface area contributed by atoms with Crippen LogP contribution in [-0.4, -0.2) is 12.8 Å². The van der Waals surface area contributed by atoms with E-state index in [2.05, 4.69) is 0 Å². The lowest BCUT2D eigenvalue weighted by molar-refractivity contribution is 0.238. The van der Waals surface area contributed by atoms with Crippen molar-refractivity contribution >= 4 is 12.4 Å². The Morgan fingerprint density at radius 1 is 1.31 bits per heavy atom. The average Bonchev–Trinajstić information content (AvgIpc) is 2.18. The van der Waals surface area contributed by atoms with E-state index in [9.17, 15) is 4.39 Å². The van der Waals surface area contributed by atoms with Crippen LogP contribution in [0.3, 0.4) is 0 Å². The standard InChI is InChI=1S/C12H18FNO.ClH/c1-9(2)15-12-6-4-3-5-10(12)11(14)7-8-13;/h3-6,9,11H,7-8,14H2,1-2H3;1H/t11-;/m1./s1. The van der Waals surface area contributed by atoms with Crippen LogP contribution in [-0.2, 0) is 0 Å². The molecule has 0 aliphatic rings. The molecule has 0 saturated heterocycles. The van der Waals surface area contributed by atoms with Gasteiger partial charge in [0.2, 0.25) is 0 Å². The van der Waals surface area contributed by atoms with Crippen molar-refractivity contribution in [1.82, 2.24) is 0 Å². The van der Waals surface area contributed by atoms with Crippen molar-refractivity contribution in [2.75, 3.05) is 6.67 Å². The molecule has 1 aromatic rings. The Bertz CT molecular complexity index is 307. The van der Waals surface area contributed by atoms with Crippen molar-refractivity contribution in [2.45, 2.75) is 32.4 Å². The second-order valence-corrected chi connectivity index (χ2v) is 3.79. The quantitative estimate of drug-likeness (QED) is 0.867. The normalized spacial score (nSPS) is 12.1. The maximum Gasteiger partial charge on any atom is 0.124 e. The number of nitrogens with two attached hydrogens (primary N) is 1. The van der Waals surface area contributed by atoms with Gasteiger partial charge in [0, 0.05) is 11.6 Å². The molecule has 1 rings (SSSR count). The van der Waals surface area contributed by atoms with E-state index in [1.807, 2.05) is 38.1 Å². The van der Waals surface area contributed by atoms with E-state index < -0.39 is 6.67 Å². The maximum atomic E-state index is 12.2. The number of alkyl halides is 1. The predicted octanol–water partition coefficient (Wildman–Crippen LogP) is 3.26. The number of hydrogen-bond donors (Lipinski definition) is 1. The molecule has 0 amide bonds. The summed E-state index contributed by atoms with van der Waals surface area (Å²) < 4.78 is 17.8. The SMILES string of the molecule is CC(C)Oc1ccccc1[C@H](N)CCF.Cl. The van der Waals surface area contributed by atoms with Crippen molar-refractivity contribution in [3.63, 3.8) is 0 Å². The van der Waals surface area contributed by atoms with E-state index in [4.69, 9.17) is 10.5 Å². The zero-order chi connectivity index (χ0) is 11.3. The number of halogens is 2. The summed E-state index contributed by atoms with van der Waals surface area (Å²) in [6, 6.07) is 7.25. The number of hydrogen-bond acceptors (Lipinski definition) is 2. The fraction of sp³-hybridized carbons (Fsp3) is 0.500. The largest absolute Gasteiger partial charge is 0.491 e. The molecule has 0 aromatic heterocycles. The molecule has 4 heteroatoms. The minimum absolute atomic E-state index is 0. The molecule has 0 radical (unpaired) electrons. The summed E-state index contributed by atoms with van der Waals surface area (Å²) in [5.41, 5.74) is 6.74. The Hall–Kier alpha value is -0.800. The van der Waals surface area contributed by atoms with Crippen molar-refractivity contribution in [3.05, 3.63) is 29.8 Å². The molecule has 0 saturated carbocycles. The van der Waals surface area contributed by atoms with E-state index in [1.54, 1.807) is 0 Å². The van der Waals surface area contributed by atoms with Gasteiger partial charge in [0.05, 0.1) is 12.8 Å². The fourth-order valence-corrected chi connectivity index (χ4v) is 1.42. The van der Waals surface area contributed by atoms with Crippen LogP contribution in [0.25, 0.3) is 0 Å². The van der Waals surface area contributed by atoms with Crippen molar-refractivity contribution in [1.29, 1.82) is 0 Å². The summed E-state index contributed by atoms with van der Waals surface area (Å²) in [4.78, 5) is 0. The van der Waals surface area contributed by atoms with Gasteiger partial charge in [-0.05, 0) is 26.3 Å². The van der Waals surface area contributed by atoms with Crippen LogP contribution >= 0.6 is 12.4 Å². The van der Waals surface area contributed by atoms with Crippen LogP contribution in [0.1, 0.15) is 31.9 Å². The Morgan fingerprint density at radius 3 is 2.50 bits per heavy atom. The van der Waals surface area contributed by atoms with Crippen molar-refractivity contribution < 1.29 is 9.13 Å². The first-order chi connectivity index (χ1) is 7.15. The molecule has 0 spiro atoms. The van der Waals surface area contributed by atoms with Gasteiger partial charge in [0.1, 0.15) is 5.75 Å². The van der Waals surface area contributed by atoms with E-state index in [1.165, 1.54) is 0 Å². The molecule has 1 atom stereocenters. The third-order valence-corrected chi connectivity index (χ3v) is 2.10. The third kappa shape index (κ3) is 4.37. The molecule has 0 bridgehead atoms. The molecule has 0 aliphatic heterocycles. The van der Waals surface area contributed by atoms with E-state index in [0.717, 1.165) is 11.3 Å². The zero-order valence-corrected chi connectivity index (χ0v) is 10.5. The Kier molecular flexibility index (Phi) is 7.10. The van der Waals surface area contributed by atoms with Crippen LogP contribution in [0.5, 0.6) is 5.75 Å². The summed E-state index contributed by atoms with van der Waals surface area (Å²) in [5.74, 6) is 0.758. The van der Waals surface area contributed by atoms with Crippen LogP contribution < -0.4 is 10.5 Å². The lowest BCUT2D eigenvalue weighted by atomic mass is 10.0. The maximum absolute atomic E-state index is 12.2. The number of para-hydroxylation sites is 1. The highest BCUT2D eigenvalue weighted by atomic mass is 35.5. The highest BCUT2D eigenvalue weighted by Gasteiger charge is 2.12. The molecule has 1 aromatic carbocycles. The monoisotopic (exact) mass is 247 g/mol. The highest BCUT2D eigenvalue weighted by molar-refractivity contribution is 5.85. The summed E-state index contributed by atoms with van der Waals surface area (Å²) >= 11 is 0. The summed E-state index contributed by atoms with van der Waals surface area (Å²) in [6.45, 7) is 3.51. The summed E-state index contributed by atoms with van der Waals surface area (Å²) in [7, 11) is 0. The highest BCUT2D eigenvalue weighted by Crippen LogP contribution is 2.26. The van der Waals surface area contributed by atoms with Gasteiger partial charge in [-0.1, -0.05) is 18.2 Å². The average molecular weight is 248 g/mol. The lowest BCUT2D eigenvalue weighted by Crippen LogP contribution is -2.14. The smallest absolute Gasteiger partial charge is 0.124 e. The Labute approximate surface area is 102 Å². The number of ether oxygens (including phenoxy) is 1. The van der Waals surface area contributed by atoms with Crippen molar-refractivity contribution in [2.24, 2.45) is 5.73 Å². The minimum atomic E-state index is -0.406. The predicted molar refractivity (Wildman–Crippen MR) is 67.0 cm³/mol. The van der Waals surface area contributed by atoms with Crippen LogP contribution in [0, 0.1) is 0 Å². The lowest BCUT2D eigenvalue weighted by Gasteiger charge is -2.17. The van der Waals surface area contributed by atoms with Gasteiger partial charge in [-0.3, -0.25) is 4.39 Å². The fourth-order valence-electron chi connectivity index (χ4n) is 1.42. The Morgan fingerprint density at radius 2 is 1.94 bits per heavy atom. The van der Waals surface area contributed by atoms with E-state index in [0.29, 0.717) is 6.42 Å². The van der Waals surface area contributed by atoms with Gasteiger partial charge in [-0.2, -0.15) is 0 Å². The van der Waals surface area contributed by atoms with Gasteiger partial charge in [0.25, 0.3) is 0 Å². The van der Waals surface area contributed by atoms with Gasteiger partial charge >= 0.3 is 0 Å². The second-order valence-electron chi connectivity index (χ2n) is 3.79. The van der Waals surface area contributed by atoms with Gasteiger partial charge in [0.15, 0.2) is 0 Å². The minimum Gasteiger partial charge on any atom is -0.491 e. The Balaban J connectivity index is 0.00000225. The summed E-state index contributed by atoms with van der Waals surface area (Å²) in [6.07, 6.45) is 0.432. The summed E-state index contributed by atoms with van der Waals surface area (Å²) in [5, 5.41) is 0. The van der Waals surface area contributed by atoms with Gasteiger partial charge in [-0.25, -0.2) is 0 Å². The van der Waals surface area contributed by atoms with Crippen LogP contribution in [0.2, 0.25) is 0 Å². The second kappa shape index (κ2) is 7.47. The third-order valence-electron chi connectivity index (χ3n) is 2.10. The van der Waals surface area contributed by atoms with E-state index >= 15 is 0 Å². The molecule has 0 unspecified atom stereocenters. The number of benzene rings is 1. The van der Waals surface area contributed by atoms with Gasteiger partial charge in [-0.15, -0.1) is 12.4 Å². The molecular formula is C12H19ClFNO. The number of rotatable bonds is 5. The van der Waals surface area contributed by atoms with Crippen LogP contribution in [0.4, 0.5) is 4.39 Å². The first-order valence-electron chi connectivity index (χ1n) is 5.22. The van der Waals surface area contributed by atoms with E-state index in [-0.39, 0.29) is 24.6 Å². The zero-order valence-electron chi connectivity index (χ0n) is 9.65. The molecule has 2 nitrogen and oxygen atoms in total. The molecule has 0 aliphatic carbocycles. The molecule has 0 fully saturated rings. The van der Waals surface area contributed by atoms with Crippen molar-refractivity contribution in [3.8, 4) is 5.75 Å². The molecular weight excluding hydrogens is 229 g/mol.